The second-order valence-electron chi connectivity index (χ2n) is 12.9. The third-order valence-corrected chi connectivity index (χ3v) is 10.3. The van der Waals surface area contributed by atoms with Gasteiger partial charge in [-0.2, -0.15) is 0 Å². The van der Waals surface area contributed by atoms with Crippen LogP contribution in [0.25, 0.3) is 33.2 Å². The number of rotatable bonds is 5. The molecule has 3 atom stereocenters. The van der Waals surface area contributed by atoms with Gasteiger partial charge < -0.3 is 13.9 Å². The molecule has 1 saturated carbocycles. The highest BCUT2D eigenvalue weighted by Crippen LogP contribution is 2.65. The van der Waals surface area contributed by atoms with Gasteiger partial charge in [-0.25, -0.2) is 4.98 Å². The number of aryl methyl sites for hydroxylation is 2. The number of imidazole rings is 1. The first kappa shape index (κ1) is 26.1. The molecule has 0 N–H and O–H groups in total. The fourth-order valence-corrected chi connectivity index (χ4v) is 8.35. The maximum Gasteiger partial charge on any atom is 0.312 e. The number of nitrogens with zero attached hydrogens (tertiary/aromatic N) is 3. The summed E-state index contributed by atoms with van der Waals surface area (Å²) in [6, 6.07) is 24.3. The summed E-state index contributed by atoms with van der Waals surface area (Å²) in [6.45, 7) is 10.7. The zero-order valence-corrected chi connectivity index (χ0v) is 24.8. The van der Waals surface area contributed by atoms with Crippen molar-refractivity contribution in [3.8, 4) is 11.3 Å². The minimum absolute atomic E-state index is 0.0174. The van der Waals surface area contributed by atoms with E-state index in [4.69, 9.17) is 4.74 Å². The van der Waals surface area contributed by atoms with Crippen molar-refractivity contribution in [3.63, 3.8) is 0 Å². The number of fused-ring (bicyclic) bond motifs is 9. The van der Waals surface area contributed by atoms with Crippen molar-refractivity contribution < 1.29 is 9.53 Å². The molecule has 2 aromatic heterocycles. The van der Waals surface area contributed by atoms with Crippen LogP contribution in [0, 0.1) is 5.41 Å². The van der Waals surface area contributed by atoms with Gasteiger partial charge in [0.2, 0.25) is 0 Å². The van der Waals surface area contributed by atoms with Gasteiger partial charge in [0.15, 0.2) is 0 Å². The first-order valence-electron chi connectivity index (χ1n) is 15.0. The van der Waals surface area contributed by atoms with Gasteiger partial charge in [-0.15, -0.1) is 0 Å². The first-order chi connectivity index (χ1) is 19.8. The zero-order chi connectivity index (χ0) is 28.5. The molecule has 0 bridgehead atoms. The minimum atomic E-state index is -0.611. The molecule has 5 nitrogen and oxygen atoms in total. The quantitative estimate of drug-likeness (QED) is 0.209. The Morgan fingerprint density at radius 2 is 1.76 bits per heavy atom. The van der Waals surface area contributed by atoms with Crippen LogP contribution in [0.5, 0.6) is 0 Å². The molecule has 0 spiro atoms. The molecule has 0 saturated heterocycles. The largest absolute Gasteiger partial charge is 0.469 e. The smallest absolute Gasteiger partial charge is 0.312 e. The Morgan fingerprint density at radius 1 is 1.00 bits per heavy atom. The fourth-order valence-electron chi connectivity index (χ4n) is 8.35. The Kier molecular flexibility index (Phi) is 5.93. The van der Waals surface area contributed by atoms with Crippen molar-refractivity contribution in [2.75, 3.05) is 7.11 Å². The molecule has 0 aliphatic heterocycles. The van der Waals surface area contributed by atoms with E-state index in [0.29, 0.717) is 5.92 Å². The lowest BCUT2D eigenvalue weighted by atomic mass is 9.49. The number of esters is 1. The number of ether oxygens (including phenoxy) is 1. The predicted molar refractivity (Wildman–Crippen MR) is 165 cm³/mol. The van der Waals surface area contributed by atoms with Gasteiger partial charge >= 0.3 is 5.97 Å². The maximum absolute atomic E-state index is 13.7. The number of carbonyl (C=O) groups is 1. The Labute approximate surface area is 242 Å². The van der Waals surface area contributed by atoms with Gasteiger partial charge in [0.1, 0.15) is 0 Å². The van der Waals surface area contributed by atoms with E-state index in [2.05, 4.69) is 102 Å². The normalized spacial score (nSPS) is 23.4. The van der Waals surface area contributed by atoms with Gasteiger partial charge in [0.25, 0.3) is 0 Å². The first-order valence-corrected chi connectivity index (χ1v) is 15.0. The van der Waals surface area contributed by atoms with Crippen LogP contribution in [0.2, 0.25) is 0 Å². The highest BCUT2D eigenvalue weighted by atomic mass is 16.5. The van der Waals surface area contributed by atoms with Gasteiger partial charge in [0.05, 0.1) is 35.6 Å². The Balaban J connectivity index is 1.51. The van der Waals surface area contributed by atoms with Crippen LogP contribution >= 0.6 is 0 Å². The number of para-hydroxylation sites is 3. The number of hydrogen-bond donors (Lipinski definition) is 0. The summed E-state index contributed by atoms with van der Waals surface area (Å²) in [4.78, 5) is 18.3. The molecule has 5 aromatic rings. The van der Waals surface area contributed by atoms with Crippen molar-refractivity contribution in [1.82, 2.24) is 14.1 Å². The molecule has 2 heterocycles. The maximum atomic E-state index is 13.7. The Morgan fingerprint density at radius 3 is 2.54 bits per heavy atom. The predicted octanol–water partition coefficient (Wildman–Crippen LogP) is 8.20. The number of benzene rings is 3. The van der Waals surface area contributed by atoms with Crippen LogP contribution in [-0.2, 0) is 28.0 Å². The molecule has 1 fully saturated rings. The van der Waals surface area contributed by atoms with Gasteiger partial charge in [-0.05, 0) is 66.6 Å². The monoisotopic (exact) mass is 545 g/mol. The number of carbonyl (C=O) groups excluding carboxylic acids is 1. The van der Waals surface area contributed by atoms with Crippen molar-refractivity contribution in [1.29, 1.82) is 0 Å². The van der Waals surface area contributed by atoms with E-state index in [-0.39, 0.29) is 17.3 Å². The average molecular weight is 546 g/mol. The summed E-state index contributed by atoms with van der Waals surface area (Å²) in [6.07, 6.45) is 4.85. The molecule has 210 valence electrons. The average Bonchev–Trinajstić information content (AvgIpc) is 3.54. The molecule has 41 heavy (non-hydrogen) atoms. The van der Waals surface area contributed by atoms with Crippen molar-refractivity contribution in [3.05, 3.63) is 89.7 Å². The highest BCUT2D eigenvalue weighted by Gasteiger charge is 2.58. The second kappa shape index (κ2) is 9.34. The van der Waals surface area contributed by atoms with E-state index in [1.54, 1.807) is 7.11 Å². The molecular formula is C36H39N3O2. The Bertz CT molecular complexity index is 1810. The summed E-state index contributed by atoms with van der Waals surface area (Å²) in [5.74, 6) is 0.350. The van der Waals surface area contributed by atoms with E-state index in [9.17, 15) is 4.79 Å². The summed E-state index contributed by atoms with van der Waals surface area (Å²) >= 11 is 0. The van der Waals surface area contributed by atoms with Crippen LogP contribution < -0.4 is 0 Å². The molecule has 5 heteroatoms. The minimum Gasteiger partial charge on any atom is -0.469 e. The standard InChI is InChI=1S/C36H39N3O2/c1-23(2)24-15-16-27-26(21-24)32-31(33-35(27,3)17-10-18-36(33,4)34(40)41-5)25-11-6-8-13-29(25)39(32)20-19-38-22-37-28-12-7-9-14-30(28)38/h6-9,11-16,21-23,33H,10,17-20H2,1-5H3/t33-,35-,36-/m1/s1. The van der Waals surface area contributed by atoms with E-state index < -0.39 is 5.41 Å². The molecule has 2 aliphatic carbocycles. The molecule has 2 aliphatic rings. The molecule has 3 aromatic carbocycles. The van der Waals surface area contributed by atoms with Crippen molar-refractivity contribution >= 4 is 27.9 Å². The lowest BCUT2D eigenvalue weighted by Crippen LogP contribution is -2.50. The molecular weight excluding hydrogens is 506 g/mol. The lowest BCUT2D eigenvalue weighted by Gasteiger charge is -2.54. The number of aromatic nitrogens is 3. The Hall–Kier alpha value is -3.86. The van der Waals surface area contributed by atoms with Crippen LogP contribution in [0.1, 0.15) is 75.5 Å². The zero-order valence-electron chi connectivity index (χ0n) is 24.8. The summed E-state index contributed by atoms with van der Waals surface area (Å²) in [7, 11) is 1.55. The highest BCUT2D eigenvalue weighted by molar-refractivity contribution is 5.96. The van der Waals surface area contributed by atoms with Crippen molar-refractivity contribution in [2.24, 2.45) is 5.41 Å². The third-order valence-electron chi connectivity index (χ3n) is 10.3. The SMILES string of the molecule is COC(=O)[C@]1(C)CCC[C@]2(C)c3ccc(C(C)C)cc3-c3c(c4ccccc4n3CCn3cnc4ccccc43)[C@@H]12. The molecule has 0 radical (unpaired) electrons. The van der Waals surface area contributed by atoms with E-state index in [1.165, 1.54) is 38.9 Å². The summed E-state index contributed by atoms with van der Waals surface area (Å²) in [5, 5.41) is 1.26. The van der Waals surface area contributed by atoms with E-state index >= 15 is 0 Å². The van der Waals surface area contributed by atoms with E-state index in [0.717, 1.165) is 43.4 Å². The van der Waals surface area contributed by atoms with E-state index in [1.807, 2.05) is 12.4 Å². The summed E-state index contributed by atoms with van der Waals surface area (Å²) < 4.78 is 10.3. The number of methoxy groups -OCH3 is 1. The van der Waals surface area contributed by atoms with Crippen LogP contribution in [0.15, 0.2) is 73.1 Å². The van der Waals surface area contributed by atoms with Gasteiger partial charge in [-0.3, -0.25) is 4.79 Å². The van der Waals surface area contributed by atoms with Crippen LogP contribution in [0.4, 0.5) is 0 Å². The molecule has 0 unspecified atom stereocenters. The van der Waals surface area contributed by atoms with Crippen LogP contribution in [-0.4, -0.2) is 27.2 Å². The molecule has 7 rings (SSSR count). The lowest BCUT2D eigenvalue weighted by molar-refractivity contribution is -0.157. The van der Waals surface area contributed by atoms with Gasteiger partial charge in [-0.1, -0.05) is 69.7 Å². The van der Waals surface area contributed by atoms with Crippen molar-refractivity contribution in [2.45, 2.75) is 77.3 Å². The van der Waals surface area contributed by atoms with Crippen LogP contribution in [0.3, 0.4) is 0 Å². The fraction of sp³-hybridized carbons (Fsp3) is 0.389. The van der Waals surface area contributed by atoms with Gasteiger partial charge in [0, 0.05) is 40.9 Å². The number of hydrogen-bond acceptors (Lipinski definition) is 3. The summed E-state index contributed by atoms with van der Waals surface area (Å²) in [5.41, 5.74) is 9.24. The second-order valence-corrected chi connectivity index (χ2v) is 12.9. The molecule has 0 amide bonds. The third kappa shape index (κ3) is 3.67. The topological polar surface area (TPSA) is 49.0 Å².